The van der Waals surface area contributed by atoms with Crippen LogP contribution in [0, 0.1) is 24.0 Å². The van der Waals surface area contributed by atoms with E-state index >= 15 is 0 Å². The molecule has 7 nitrogen and oxygen atoms in total. The largest absolute Gasteiger partial charge is 0.506 e. The summed E-state index contributed by atoms with van der Waals surface area (Å²) in [5.74, 6) is -1.28. The van der Waals surface area contributed by atoms with Crippen molar-refractivity contribution in [1.82, 2.24) is 0 Å². The van der Waals surface area contributed by atoms with Crippen LogP contribution >= 0.6 is 0 Å². The van der Waals surface area contributed by atoms with Crippen molar-refractivity contribution < 1.29 is 19.2 Å². The number of carbonyl (C=O) groups excluding carboxylic acids is 1. The Hall–Kier alpha value is -3.74. The molecule has 0 radical (unpaired) electrons. The number of hydrogen-bond acceptors (Lipinski definition) is 6. The van der Waals surface area contributed by atoms with Gasteiger partial charge in [0.05, 0.1) is 15.9 Å². The molecule has 0 unspecified atom stereocenters. The van der Waals surface area contributed by atoms with Crippen molar-refractivity contribution in [2.75, 3.05) is 0 Å². The molecule has 1 aromatic heterocycles. The second kappa shape index (κ2) is 6.87. The fourth-order valence-corrected chi connectivity index (χ4v) is 2.70. The summed E-state index contributed by atoms with van der Waals surface area (Å²) in [5, 5.41) is 21.7. The van der Waals surface area contributed by atoms with Crippen LogP contribution in [0.4, 0.5) is 5.69 Å². The van der Waals surface area contributed by atoms with E-state index in [0.29, 0.717) is 0 Å². The molecule has 7 heteroatoms. The first-order valence-electron chi connectivity index (χ1n) is 8.02. The maximum Gasteiger partial charge on any atom is 0.351 e. The number of nitrogens with zero attached hydrogens (tertiary/aromatic N) is 1. The van der Waals surface area contributed by atoms with E-state index in [9.17, 15) is 24.8 Å². The topological polar surface area (TPSA) is 111 Å². The maximum atomic E-state index is 12.5. The number of aromatic hydroxyl groups is 1. The Morgan fingerprint density at radius 1 is 1.19 bits per heavy atom. The normalized spacial score (nSPS) is 11.2. The Labute approximate surface area is 153 Å². The van der Waals surface area contributed by atoms with Gasteiger partial charge in [-0.3, -0.25) is 14.9 Å². The molecule has 2 aromatic carbocycles. The van der Waals surface area contributed by atoms with Crippen LogP contribution in [0.3, 0.4) is 0 Å². The number of allylic oxidation sites excluding steroid dienone is 1. The molecule has 3 aromatic rings. The molecule has 0 bridgehead atoms. The summed E-state index contributed by atoms with van der Waals surface area (Å²) in [6, 6.07) is 9.11. The van der Waals surface area contributed by atoms with Crippen LogP contribution in [0.5, 0.6) is 5.75 Å². The van der Waals surface area contributed by atoms with E-state index in [1.165, 1.54) is 24.3 Å². The average Bonchev–Trinajstić information content (AvgIpc) is 2.62. The smallest absolute Gasteiger partial charge is 0.351 e. The lowest BCUT2D eigenvalue weighted by Crippen LogP contribution is -2.13. The molecular formula is C20H15NO6. The predicted octanol–water partition coefficient (Wildman–Crippen LogP) is 3.92. The number of rotatable bonds is 4. The predicted molar refractivity (Wildman–Crippen MR) is 100 cm³/mol. The summed E-state index contributed by atoms with van der Waals surface area (Å²) in [5.41, 5.74) is 0.455. The number of para-hydroxylation sites is 1. The molecule has 0 fully saturated rings. The number of ketones is 1. The molecule has 27 heavy (non-hydrogen) atoms. The molecule has 1 N–H and O–H groups in total. The van der Waals surface area contributed by atoms with E-state index in [1.54, 1.807) is 18.2 Å². The van der Waals surface area contributed by atoms with Crippen LogP contribution in [0.1, 0.15) is 27.0 Å². The first kappa shape index (κ1) is 18.1. The Morgan fingerprint density at radius 3 is 2.56 bits per heavy atom. The van der Waals surface area contributed by atoms with Crippen LogP contribution in [-0.4, -0.2) is 15.8 Å². The van der Waals surface area contributed by atoms with Crippen molar-refractivity contribution >= 4 is 28.5 Å². The highest BCUT2D eigenvalue weighted by Gasteiger charge is 2.20. The third kappa shape index (κ3) is 3.35. The van der Waals surface area contributed by atoms with E-state index in [0.717, 1.165) is 17.2 Å². The van der Waals surface area contributed by atoms with Crippen LogP contribution < -0.4 is 5.63 Å². The Kier molecular flexibility index (Phi) is 4.60. The number of benzene rings is 2. The Morgan fingerprint density at radius 2 is 1.85 bits per heavy atom. The van der Waals surface area contributed by atoms with E-state index in [1.807, 2.05) is 13.8 Å². The molecule has 3 rings (SSSR count). The van der Waals surface area contributed by atoms with Gasteiger partial charge in [0, 0.05) is 6.07 Å². The minimum atomic E-state index is -0.972. The summed E-state index contributed by atoms with van der Waals surface area (Å²) >= 11 is 0. The number of nitro benzene ring substituents is 1. The van der Waals surface area contributed by atoms with Crippen LogP contribution in [0.2, 0.25) is 0 Å². The van der Waals surface area contributed by atoms with E-state index in [4.69, 9.17) is 4.42 Å². The fourth-order valence-electron chi connectivity index (χ4n) is 2.70. The summed E-state index contributed by atoms with van der Waals surface area (Å²) < 4.78 is 5.17. The summed E-state index contributed by atoms with van der Waals surface area (Å²) in [6.07, 6.45) is 2.23. The monoisotopic (exact) mass is 365 g/mol. The SMILES string of the molecule is Cc1cc2oc(=O)c(C(=O)/C=C/c3ccccc3[N+](=O)[O-])c(O)c2cc1C. The maximum absolute atomic E-state index is 12.5. The molecule has 0 saturated heterocycles. The highest BCUT2D eigenvalue weighted by Crippen LogP contribution is 2.29. The summed E-state index contributed by atoms with van der Waals surface area (Å²) in [6.45, 7) is 3.66. The number of fused-ring (bicyclic) bond motifs is 1. The van der Waals surface area contributed by atoms with Crippen molar-refractivity contribution in [1.29, 1.82) is 0 Å². The number of nitro groups is 1. The van der Waals surface area contributed by atoms with Gasteiger partial charge in [0.25, 0.3) is 5.69 Å². The van der Waals surface area contributed by atoms with Gasteiger partial charge in [0.2, 0.25) is 0 Å². The molecule has 0 aliphatic heterocycles. The van der Waals surface area contributed by atoms with Crippen molar-refractivity contribution in [2.24, 2.45) is 0 Å². The summed E-state index contributed by atoms with van der Waals surface area (Å²) in [7, 11) is 0. The average molecular weight is 365 g/mol. The zero-order valence-corrected chi connectivity index (χ0v) is 14.6. The number of carbonyl (C=O) groups is 1. The molecule has 0 saturated carbocycles. The quantitative estimate of drug-likeness (QED) is 0.247. The van der Waals surface area contributed by atoms with Crippen molar-refractivity contribution in [3.8, 4) is 5.75 Å². The minimum Gasteiger partial charge on any atom is -0.506 e. The lowest BCUT2D eigenvalue weighted by Gasteiger charge is -2.07. The molecule has 136 valence electrons. The zero-order valence-electron chi connectivity index (χ0n) is 14.6. The van der Waals surface area contributed by atoms with Gasteiger partial charge in [0.1, 0.15) is 16.9 Å². The summed E-state index contributed by atoms with van der Waals surface area (Å²) in [4.78, 5) is 35.1. The minimum absolute atomic E-state index is 0.178. The fraction of sp³-hybridized carbons (Fsp3) is 0.100. The van der Waals surface area contributed by atoms with Crippen LogP contribution in [0.15, 0.2) is 51.7 Å². The molecule has 0 aliphatic rings. The van der Waals surface area contributed by atoms with Gasteiger partial charge in [-0.25, -0.2) is 4.79 Å². The zero-order chi connectivity index (χ0) is 19.7. The number of aryl methyl sites for hydroxylation is 2. The lowest BCUT2D eigenvalue weighted by molar-refractivity contribution is -0.385. The highest BCUT2D eigenvalue weighted by atomic mass is 16.6. The van der Waals surface area contributed by atoms with E-state index in [-0.39, 0.29) is 22.2 Å². The Balaban J connectivity index is 2.08. The second-order valence-electron chi connectivity index (χ2n) is 6.06. The highest BCUT2D eigenvalue weighted by molar-refractivity contribution is 6.10. The number of hydrogen-bond donors (Lipinski definition) is 1. The van der Waals surface area contributed by atoms with Crippen molar-refractivity contribution in [2.45, 2.75) is 13.8 Å². The van der Waals surface area contributed by atoms with Crippen molar-refractivity contribution in [3.05, 3.63) is 85.3 Å². The van der Waals surface area contributed by atoms with Crippen LogP contribution in [-0.2, 0) is 0 Å². The third-order valence-corrected chi connectivity index (χ3v) is 4.29. The van der Waals surface area contributed by atoms with Crippen LogP contribution in [0.25, 0.3) is 17.0 Å². The first-order chi connectivity index (χ1) is 12.8. The molecule has 0 atom stereocenters. The standard InChI is InChI=1S/C20H15NO6/c1-11-9-14-17(10-12(11)2)27-20(24)18(19(14)23)16(22)8-7-13-5-3-4-6-15(13)21(25)26/h3-10,23H,1-2H3/b8-7+. The van der Waals surface area contributed by atoms with Gasteiger partial charge in [-0.1, -0.05) is 12.1 Å². The van der Waals surface area contributed by atoms with Gasteiger partial charge in [-0.15, -0.1) is 0 Å². The van der Waals surface area contributed by atoms with Gasteiger partial charge in [0.15, 0.2) is 5.78 Å². The Bertz CT molecular complexity index is 1170. The molecular weight excluding hydrogens is 350 g/mol. The van der Waals surface area contributed by atoms with Gasteiger partial charge in [-0.2, -0.15) is 0 Å². The van der Waals surface area contributed by atoms with Gasteiger partial charge in [-0.05, 0) is 55.3 Å². The molecule has 0 amide bonds. The second-order valence-corrected chi connectivity index (χ2v) is 6.06. The third-order valence-electron chi connectivity index (χ3n) is 4.29. The van der Waals surface area contributed by atoms with E-state index in [2.05, 4.69) is 0 Å². The molecule has 1 heterocycles. The molecule has 0 aliphatic carbocycles. The van der Waals surface area contributed by atoms with Gasteiger partial charge >= 0.3 is 5.63 Å². The van der Waals surface area contributed by atoms with E-state index < -0.39 is 27.6 Å². The van der Waals surface area contributed by atoms with Crippen molar-refractivity contribution in [3.63, 3.8) is 0 Å². The molecule has 0 spiro atoms. The van der Waals surface area contributed by atoms with Gasteiger partial charge < -0.3 is 9.52 Å². The lowest BCUT2D eigenvalue weighted by atomic mass is 10.0. The first-order valence-corrected chi connectivity index (χ1v) is 8.02.